The summed E-state index contributed by atoms with van der Waals surface area (Å²) in [5.74, 6) is 0.611. The van der Waals surface area contributed by atoms with Gasteiger partial charge in [-0.15, -0.1) is 0 Å². The molecule has 3 aromatic carbocycles. The fraction of sp³-hybridized carbons (Fsp3) is 0.0952. The Hall–Kier alpha value is -2.79. The lowest BCUT2D eigenvalue weighted by Crippen LogP contribution is -2.27. The van der Waals surface area contributed by atoms with Gasteiger partial charge in [-0.25, -0.2) is 0 Å². The summed E-state index contributed by atoms with van der Waals surface area (Å²) in [5.41, 5.74) is 2.47. The van der Waals surface area contributed by atoms with E-state index in [1.807, 2.05) is 78.9 Å². The standard InChI is InChI=1S/C21H19BrN2O2/c1-26-19-13-11-18(12-14-19)24-21(25)20(15-5-3-2-4-6-15)23-17-9-7-16(22)8-10-17/h2-14,20,23H,1H3,(H,24,25). The van der Waals surface area contributed by atoms with Gasteiger partial charge in [-0.1, -0.05) is 46.3 Å². The molecule has 3 rings (SSSR count). The van der Waals surface area contributed by atoms with Crippen molar-refractivity contribution in [2.24, 2.45) is 0 Å². The molecule has 2 N–H and O–H groups in total. The van der Waals surface area contributed by atoms with Crippen molar-refractivity contribution in [2.75, 3.05) is 17.7 Å². The number of anilines is 2. The molecule has 4 nitrogen and oxygen atoms in total. The van der Waals surface area contributed by atoms with Gasteiger partial charge < -0.3 is 15.4 Å². The number of hydrogen-bond donors (Lipinski definition) is 2. The predicted molar refractivity (Wildman–Crippen MR) is 109 cm³/mol. The van der Waals surface area contributed by atoms with Gasteiger partial charge in [0.2, 0.25) is 0 Å². The fourth-order valence-electron chi connectivity index (χ4n) is 2.55. The summed E-state index contributed by atoms with van der Waals surface area (Å²) >= 11 is 3.42. The summed E-state index contributed by atoms with van der Waals surface area (Å²) in [6.07, 6.45) is 0. The van der Waals surface area contributed by atoms with E-state index in [1.165, 1.54) is 0 Å². The van der Waals surface area contributed by atoms with Crippen LogP contribution in [0.25, 0.3) is 0 Å². The summed E-state index contributed by atoms with van der Waals surface area (Å²) in [5, 5.41) is 6.26. The molecular weight excluding hydrogens is 392 g/mol. The van der Waals surface area contributed by atoms with Crippen molar-refractivity contribution < 1.29 is 9.53 Å². The molecule has 0 aliphatic rings. The Balaban J connectivity index is 1.81. The van der Waals surface area contributed by atoms with E-state index in [2.05, 4.69) is 26.6 Å². The highest BCUT2D eigenvalue weighted by Gasteiger charge is 2.20. The van der Waals surface area contributed by atoms with Crippen LogP contribution >= 0.6 is 15.9 Å². The first-order valence-electron chi connectivity index (χ1n) is 8.17. The number of amides is 1. The van der Waals surface area contributed by atoms with Crippen molar-refractivity contribution in [2.45, 2.75) is 6.04 Å². The van der Waals surface area contributed by atoms with E-state index in [1.54, 1.807) is 7.11 Å². The van der Waals surface area contributed by atoms with Crippen LogP contribution in [0.5, 0.6) is 5.75 Å². The normalized spacial score (nSPS) is 11.5. The second-order valence-electron chi connectivity index (χ2n) is 5.71. The highest BCUT2D eigenvalue weighted by molar-refractivity contribution is 9.10. The smallest absolute Gasteiger partial charge is 0.251 e. The third kappa shape index (κ3) is 4.64. The van der Waals surface area contributed by atoms with Crippen molar-refractivity contribution >= 4 is 33.2 Å². The first-order chi connectivity index (χ1) is 12.7. The maximum atomic E-state index is 12.9. The molecule has 1 amide bonds. The first-order valence-corrected chi connectivity index (χ1v) is 8.97. The van der Waals surface area contributed by atoms with Crippen LogP contribution in [0.15, 0.2) is 83.3 Å². The maximum absolute atomic E-state index is 12.9. The van der Waals surface area contributed by atoms with Crippen molar-refractivity contribution in [1.29, 1.82) is 0 Å². The first kappa shape index (κ1) is 18.0. The number of hydrogen-bond acceptors (Lipinski definition) is 3. The molecule has 0 saturated carbocycles. The van der Waals surface area contributed by atoms with Crippen LogP contribution in [-0.4, -0.2) is 13.0 Å². The summed E-state index contributed by atoms with van der Waals surface area (Å²) in [6.45, 7) is 0. The minimum atomic E-state index is -0.514. The Bertz CT molecular complexity index is 849. The molecule has 0 aliphatic carbocycles. The Kier molecular flexibility index (Phi) is 5.92. The van der Waals surface area contributed by atoms with Gasteiger partial charge in [-0.3, -0.25) is 4.79 Å². The van der Waals surface area contributed by atoms with Gasteiger partial charge in [0, 0.05) is 15.8 Å². The Morgan fingerprint density at radius 2 is 1.50 bits per heavy atom. The topological polar surface area (TPSA) is 50.4 Å². The molecule has 1 unspecified atom stereocenters. The van der Waals surface area contributed by atoms with E-state index < -0.39 is 6.04 Å². The molecule has 5 heteroatoms. The summed E-state index contributed by atoms with van der Waals surface area (Å²) < 4.78 is 6.14. The molecule has 132 valence electrons. The summed E-state index contributed by atoms with van der Waals surface area (Å²) in [6, 6.07) is 24.1. The van der Waals surface area contributed by atoms with Crippen molar-refractivity contribution in [3.8, 4) is 5.75 Å². The molecule has 0 heterocycles. The van der Waals surface area contributed by atoms with Crippen LogP contribution in [0.3, 0.4) is 0 Å². The molecular formula is C21H19BrN2O2. The Labute approximate surface area is 161 Å². The lowest BCUT2D eigenvalue weighted by atomic mass is 10.1. The number of methoxy groups -OCH3 is 1. The fourth-order valence-corrected chi connectivity index (χ4v) is 2.81. The van der Waals surface area contributed by atoms with E-state index in [-0.39, 0.29) is 5.91 Å². The number of benzene rings is 3. The molecule has 0 bridgehead atoms. The minimum absolute atomic E-state index is 0.135. The van der Waals surface area contributed by atoms with E-state index in [9.17, 15) is 4.79 Å². The number of halogens is 1. The monoisotopic (exact) mass is 410 g/mol. The molecule has 0 radical (unpaired) electrons. The van der Waals surface area contributed by atoms with E-state index in [0.29, 0.717) is 5.69 Å². The summed E-state index contributed by atoms with van der Waals surface area (Å²) in [7, 11) is 1.61. The molecule has 0 spiro atoms. The number of rotatable bonds is 6. The number of carbonyl (C=O) groups excluding carboxylic acids is 1. The molecule has 0 fully saturated rings. The van der Waals surface area contributed by atoms with Gasteiger partial charge in [0.1, 0.15) is 11.8 Å². The average Bonchev–Trinajstić information content (AvgIpc) is 2.68. The average molecular weight is 411 g/mol. The largest absolute Gasteiger partial charge is 0.497 e. The van der Waals surface area contributed by atoms with Gasteiger partial charge in [0.25, 0.3) is 5.91 Å². The van der Waals surface area contributed by atoms with Crippen LogP contribution in [0.4, 0.5) is 11.4 Å². The lowest BCUT2D eigenvalue weighted by Gasteiger charge is -2.20. The molecule has 26 heavy (non-hydrogen) atoms. The second kappa shape index (κ2) is 8.54. The van der Waals surface area contributed by atoms with E-state index in [0.717, 1.165) is 21.5 Å². The van der Waals surface area contributed by atoms with E-state index >= 15 is 0 Å². The number of nitrogens with one attached hydrogen (secondary N) is 2. The van der Waals surface area contributed by atoms with Gasteiger partial charge in [0.15, 0.2) is 0 Å². The molecule has 0 aromatic heterocycles. The lowest BCUT2D eigenvalue weighted by molar-refractivity contribution is -0.117. The molecule has 3 aromatic rings. The van der Waals surface area contributed by atoms with Gasteiger partial charge in [0.05, 0.1) is 7.11 Å². The van der Waals surface area contributed by atoms with Crippen molar-refractivity contribution in [1.82, 2.24) is 0 Å². The molecule has 1 atom stereocenters. The predicted octanol–water partition coefficient (Wildman–Crippen LogP) is 5.25. The zero-order valence-electron chi connectivity index (χ0n) is 14.3. The second-order valence-corrected chi connectivity index (χ2v) is 6.63. The quantitative estimate of drug-likeness (QED) is 0.583. The third-order valence-corrected chi connectivity index (χ3v) is 4.44. The third-order valence-electron chi connectivity index (χ3n) is 3.91. The van der Waals surface area contributed by atoms with Gasteiger partial charge in [-0.05, 0) is 54.1 Å². The maximum Gasteiger partial charge on any atom is 0.251 e. The van der Waals surface area contributed by atoms with Crippen LogP contribution in [-0.2, 0) is 4.79 Å². The van der Waals surface area contributed by atoms with Crippen LogP contribution in [0.1, 0.15) is 11.6 Å². The minimum Gasteiger partial charge on any atom is -0.497 e. The zero-order valence-corrected chi connectivity index (χ0v) is 15.9. The molecule has 0 aliphatic heterocycles. The Morgan fingerprint density at radius 3 is 2.12 bits per heavy atom. The molecule has 0 saturated heterocycles. The van der Waals surface area contributed by atoms with Gasteiger partial charge >= 0.3 is 0 Å². The highest BCUT2D eigenvalue weighted by atomic mass is 79.9. The van der Waals surface area contributed by atoms with Gasteiger partial charge in [-0.2, -0.15) is 0 Å². The summed E-state index contributed by atoms with van der Waals surface area (Å²) in [4.78, 5) is 12.9. The van der Waals surface area contributed by atoms with Crippen LogP contribution in [0.2, 0.25) is 0 Å². The number of carbonyl (C=O) groups is 1. The highest BCUT2D eigenvalue weighted by Crippen LogP contribution is 2.23. The zero-order chi connectivity index (χ0) is 18.4. The van der Waals surface area contributed by atoms with Crippen molar-refractivity contribution in [3.05, 3.63) is 88.9 Å². The van der Waals surface area contributed by atoms with Crippen LogP contribution in [0, 0.1) is 0 Å². The van der Waals surface area contributed by atoms with E-state index in [4.69, 9.17) is 4.74 Å². The van der Waals surface area contributed by atoms with Crippen LogP contribution < -0.4 is 15.4 Å². The van der Waals surface area contributed by atoms with Crippen molar-refractivity contribution in [3.63, 3.8) is 0 Å². The number of ether oxygens (including phenoxy) is 1. The Morgan fingerprint density at radius 1 is 0.885 bits per heavy atom. The SMILES string of the molecule is COc1ccc(NC(=O)C(Nc2ccc(Br)cc2)c2ccccc2)cc1.